The summed E-state index contributed by atoms with van der Waals surface area (Å²) in [5.41, 5.74) is 6.53. The van der Waals surface area contributed by atoms with Crippen LogP contribution in [-0.4, -0.2) is 4.98 Å². The Labute approximate surface area is 120 Å². The molecule has 0 spiro atoms. The van der Waals surface area contributed by atoms with Crippen LogP contribution in [0.4, 0.5) is 0 Å². The summed E-state index contributed by atoms with van der Waals surface area (Å²) in [5.74, 6) is 0. The zero-order valence-corrected chi connectivity index (χ0v) is 12.5. The van der Waals surface area contributed by atoms with E-state index >= 15 is 0 Å². The molecule has 1 aromatic heterocycles. The Morgan fingerprint density at radius 3 is 2.89 bits per heavy atom. The van der Waals surface area contributed by atoms with Crippen molar-refractivity contribution in [1.82, 2.24) is 4.98 Å². The number of fused-ring (bicyclic) bond motifs is 2. The summed E-state index contributed by atoms with van der Waals surface area (Å²) in [5, 5.41) is 0.869. The highest BCUT2D eigenvalue weighted by Gasteiger charge is 2.17. The summed E-state index contributed by atoms with van der Waals surface area (Å²) in [4.78, 5) is 4.55. The largest absolute Gasteiger partial charge is 0.259 e. The lowest BCUT2D eigenvalue weighted by molar-refractivity contribution is 0.942. The molecule has 0 saturated heterocycles. The molecule has 1 heterocycles. The van der Waals surface area contributed by atoms with Crippen molar-refractivity contribution in [3.63, 3.8) is 0 Å². The molecular weight excluding hydrogens is 310 g/mol. The van der Waals surface area contributed by atoms with E-state index in [1.165, 1.54) is 27.9 Å². The zero-order valence-electron chi connectivity index (χ0n) is 10.1. The molecule has 3 heteroatoms. The molecular formula is C15H13BrClN. The maximum atomic E-state index is 6.21. The van der Waals surface area contributed by atoms with Crippen LogP contribution < -0.4 is 0 Å². The van der Waals surface area contributed by atoms with Gasteiger partial charge in [-0.2, -0.15) is 0 Å². The molecule has 0 aliphatic heterocycles. The van der Waals surface area contributed by atoms with Crippen LogP contribution in [0.2, 0.25) is 5.02 Å². The molecule has 1 aliphatic carbocycles. The summed E-state index contributed by atoms with van der Waals surface area (Å²) < 4.78 is 1.06. The van der Waals surface area contributed by atoms with Gasteiger partial charge in [0.05, 0.1) is 0 Å². The minimum Gasteiger partial charge on any atom is -0.259 e. The molecule has 18 heavy (non-hydrogen) atoms. The lowest BCUT2D eigenvalue weighted by Crippen LogP contribution is -1.97. The van der Waals surface area contributed by atoms with Crippen LogP contribution >= 0.6 is 27.5 Å². The second-order valence-electron chi connectivity index (χ2n) is 4.75. The van der Waals surface area contributed by atoms with Crippen molar-refractivity contribution in [3.8, 4) is 0 Å². The van der Waals surface area contributed by atoms with Gasteiger partial charge < -0.3 is 0 Å². The third-order valence-electron chi connectivity index (χ3n) is 3.66. The SMILES string of the molecule is Cc1c(Cl)ccc2c1CCc1cc(Br)cnc1C2. The van der Waals surface area contributed by atoms with Gasteiger partial charge in [0.1, 0.15) is 0 Å². The highest BCUT2D eigenvalue weighted by Crippen LogP contribution is 2.30. The molecule has 0 amide bonds. The van der Waals surface area contributed by atoms with Gasteiger partial charge in [0.25, 0.3) is 0 Å². The molecule has 0 saturated carbocycles. The number of benzene rings is 1. The van der Waals surface area contributed by atoms with Gasteiger partial charge in [-0.15, -0.1) is 0 Å². The maximum absolute atomic E-state index is 6.21. The van der Waals surface area contributed by atoms with Crippen molar-refractivity contribution < 1.29 is 0 Å². The highest BCUT2D eigenvalue weighted by atomic mass is 79.9. The Kier molecular flexibility index (Phi) is 3.16. The van der Waals surface area contributed by atoms with E-state index in [9.17, 15) is 0 Å². The molecule has 2 aromatic rings. The molecule has 1 aliphatic rings. The lowest BCUT2D eigenvalue weighted by atomic mass is 9.98. The molecule has 0 N–H and O–H groups in total. The van der Waals surface area contributed by atoms with Crippen molar-refractivity contribution in [2.24, 2.45) is 0 Å². The van der Waals surface area contributed by atoms with Gasteiger partial charge in [-0.05, 0) is 70.1 Å². The maximum Gasteiger partial charge on any atom is 0.0480 e. The molecule has 0 fully saturated rings. The Balaban J connectivity index is 2.11. The first kappa shape index (κ1) is 12.2. The van der Waals surface area contributed by atoms with Crippen LogP contribution in [0.1, 0.15) is 27.9 Å². The van der Waals surface area contributed by atoms with Crippen LogP contribution in [-0.2, 0) is 19.3 Å². The first-order valence-corrected chi connectivity index (χ1v) is 7.22. The highest BCUT2D eigenvalue weighted by molar-refractivity contribution is 9.10. The van der Waals surface area contributed by atoms with E-state index in [4.69, 9.17) is 11.6 Å². The van der Waals surface area contributed by atoms with E-state index in [0.717, 1.165) is 28.8 Å². The number of halogens is 2. The molecule has 0 atom stereocenters. The number of nitrogens with zero attached hydrogens (tertiary/aromatic N) is 1. The Morgan fingerprint density at radius 1 is 1.22 bits per heavy atom. The van der Waals surface area contributed by atoms with E-state index in [-0.39, 0.29) is 0 Å². The fourth-order valence-electron chi connectivity index (χ4n) is 2.62. The standard InChI is InChI=1S/C15H13BrClN/c1-9-13-4-2-11-6-12(16)8-18-15(11)7-10(13)3-5-14(9)17/h3,5-6,8H,2,4,7H2,1H3. The van der Waals surface area contributed by atoms with Gasteiger partial charge in [0, 0.05) is 27.8 Å². The number of hydrogen-bond donors (Lipinski definition) is 0. The zero-order chi connectivity index (χ0) is 12.7. The second-order valence-corrected chi connectivity index (χ2v) is 6.07. The van der Waals surface area contributed by atoms with Gasteiger partial charge in [-0.1, -0.05) is 17.7 Å². The van der Waals surface area contributed by atoms with Gasteiger partial charge >= 0.3 is 0 Å². The summed E-state index contributed by atoms with van der Waals surface area (Å²) >= 11 is 9.71. The number of aryl methyl sites for hydroxylation is 1. The molecule has 0 radical (unpaired) electrons. The van der Waals surface area contributed by atoms with Crippen LogP contribution in [0.15, 0.2) is 28.9 Å². The Morgan fingerprint density at radius 2 is 2.06 bits per heavy atom. The van der Waals surface area contributed by atoms with Crippen LogP contribution in [0.5, 0.6) is 0 Å². The molecule has 0 unspecified atom stereocenters. The molecule has 92 valence electrons. The van der Waals surface area contributed by atoms with Gasteiger partial charge in [0.15, 0.2) is 0 Å². The van der Waals surface area contributed by atoms with Crippen molar-refractivity contribution in [2.75, 3.05) is 0 Å². The minimum absolute atomic E-state index is 0.869. The van der Waals surface area contributed by atoms with E-state index in [2.05, 4.69) is 40.0 Å². The minimum atomic E-state index is 0.869. The number of hydrogen-bond acceptors (Lipinski definition) is 1. The van der Waals surface area contributed by atoms with Crippen LogP contribution in [0.3, 0.4) is 0 Å². The number of aromatic nitrogens is 1. The predicted octanol–water partition coefficient (Wildman–Crippen LogP) is 4.50. The summed E-state index contributed by atoms with van der Waals surface area (Å²) in [6.45, 7) is 2.11. The van der Waals surface area contributed by atoms with E-state index in [1.807, 2.05) is 12.3 Å². The number of rotatable bonds is 0. The monoisotopic (exact) mass is 321 g/mol. The normalized spacial score (nSPS) is 13.7. The van der Waals surface area contributed by atoms with E-state index in [1.54, 1.807) is 0 Å². The topological polar surface area (TPSA) is 12.9 Å². The summed E-state index contributed by atoms with van der Waals surface area (Å²) in [6.07, 6.45) is 4.88. The predicted molar refractivity (Wildman–Crippen MR) is 78.3 cm³/mol. The second kappa shape index (κ2) is 4.67. The quantitative estimate of drug-likeness (QED) is 0.696. The van der Waals surface area contributed by atoms with Gasteiger partial charge in [0.2, 0.25) is 0 Å². The van der Waals surface area contributed by atoms with Gasteiger partial charge in [-0.3, -0.25) is 4.98 Å². The third kappa shape index (κ3) is 2.08. The van der Waals surface area contributed by atoms with Crippen molar-refractivity contribution in [1.29, 1.82) is 0 Å². The molecule has 3 rings (SSSR count). The average molecular weight is 323 g/mol. The first-order chi connectivity index (χ1) is 8.65. The molecule has 1 aromatic carbocycles. The Bertz CT molecular complexity index is 622. The molecule has 0 bridgehead atoms. The number of pyridine rings is 1. The first-order valence-electron chi connectivity index (χ1n) is 6.05. The lowest BCUT2D eigenvalue weighted by Gasteiger charge is -2.10. The van der Waals surface area contributed by atoms with Gasteiger partial charge in [-0.25, -0.2) is 0 Å². The fourth-order valence-corrected chi connectivity index (χ4v) is 3.18. The summed E-state index contributed by atoms with van der Waals surface area (Å²) in [7, 11) is 0. The average Bonchev–Trinajstić information content (AvgIpc) is 2.53. The molecule has 1 nitrogen and oxygen atoms in total. The fraction of sp³-hybridized carbons (Fsp3) is 0.267. The van der Waals surface area contributed by atoms with E-state index < -0.39 is 0 Å². The summed E-state index contributed by atoms with van der Waals surface area (Å²) in [6, 6.07) is 6.33. The van der Waals surface area contributed by atoms with E-state index in [0.29, 0.717) is 0 Å². The Hall–Kier alpha value is -0.860. The van der Waals surface area contributed by atoms with Crippen molar-refractivity contribution >= 4 is 27.5 Å². The van der Waals surface area contributed by atoms with Crippen LogP contribution in [0, 0.1) is 6.92 Å². The third-order valence-corrected chi connectivity index (χ3v) is 4.50. The van der Waals surface area contributed by atoms with Crippen molar-refractivity contribution in [3.05, 3.63) is 61.8 Å². The van der Waals surface area contributed by atoms with Crippen LogP contribution in [0.25, 0.3) is 0 Å². The van der Waals surface area contributed by atoms with Crippen molar-refractivity contribution in [2.45, 2.75) is 26.2 Å². The smallest absolute Gasteiger partial charge is 0.0480 e.